The van der Waals surface area contributed by atoms with E-state index in [-0.39, 0.29) is 6.04 Å². The van der Waals surface area contributed by atoms with Gasteiger partial charge in [0.05, 0.1) is 6.04 Å². The quantitative estimate of drug-likeness (QED) is 0.551. The van der Waals surface area contributed by atoms with Crippen molar-refractivity contribution in [2.75, 3.05) is 33.0 Å². The average molecular weight is 450 g/mol. The Bertz CT molecular complexity index is 1080. The van der Waals surface area contributed by atoms with Crippen LogP contribution in [0.2, 0.25) is 0 Å². The first-order valence-corrected chi connectivity index (χ1v) is 12.1. The molecule has 172 valence electrons. The number of tetrazole rings is 1. The summed E-state index contributed by atoms with van der Waals surface area (Å²) in [4.78, 5) is 7.53. The molecule has 9 nitrogen and oxygen atoms in total. The van der Waals surface area contributed by atoms with Crippen molar-refractivity contribution in [3.8, 4) is 11.5 Å². The largest absolute Gasteiger partial charge is 0.454 e. The molecule has 0 spiro atoms. The van der Waals surface area contributed by atoms with Crippen molar-refractivity contribution in [2.45, 2.75) is 44.3 Å². The number of hydrogen-bond acceptors (Lipinski definition) is 6. The fourth-order valence-electron chi connectivity index (χ4n) is 5.64. The van der Waals surface area contributed by atoms with Crippen molar-refractivity contribution in [1.29, 1.82) is 0 Å². The van der Waals surface area contributed by atoms with Crippen LogP contribution in [0.5, 0.6) is 11.5 Å². The number of ether oxygens (including phenoxy) is 2. The Kier molecular flexibility index (Phi) is 5.65. The fraction of sp³-hybridized carbons (Fsp3) is 0.500. The number of fused-ring (bicyclic) bond motifs is 1. The lowest BCUT2D eigenvalue weighted by Gasteiger charge is -2.34. The zero-order chi connectivity index (χ0) is 22.0. The molecule has 0 bridgehead atoms. The van der Waals surface area contributed by atoms with Gasteiger partial charge in [0.25, 0.3) is 0 Å². The molecule has 9 heteroatoms. The normalized spacial score (nSPS) is 23.6. The first kappa shape index (κ1) is 20.6. The molecular weight excluding hydrogens is 418 g/mol. The Balaban J connectivity index is 1.19. The van der Waals surface area contributed by atoms with E-state index in [9.17, 15) is 0 Å². The summed E-state index contributed by atoms with van der Waals surface area (Å²) in [5.74, 6) is 2.71. The summed E-state index contributed by atoms with van der Waals surface area (Å²) in [6.45, 7) is 5.66. The molecule has 33 heavy (non-hydrogen) atoms. The third kappa shape index (κ3) is 4.18. The van der Waals surface area contributed by atoms with Crippen molar-refractivity contribution >= 4 is 0 Å². The van der Waals surface area contributed by atoms with Gasteiger partial charge in [-0.3, -0.25) is 4.98 Å². The Morgan fingerprint density at radius 1 is 1.03 bits per heavy atom. The van der Waals surface area contributed by atoms with Gasteiger partial charge >= 0.3 is 0 Å². The second kappa shape index (κ2) is 9.07. The molecule has 2 aromatic heterocycles. The van der Waals surface area contributed by atoms with E-state index >= 15 is 0 Å². The summed E-state index contributed by atoms with van der Waals surface area (Å²) in [5, 5.41) is 13.1. The summed E-state index contributed by atoms with van der Waals surface area (Å²) in [5.41, 5.74) is 2.49. The molecular formula is C24H31N7O2+2. The second-order valence-electron chi connectivity index (χ2n) is 9.41. The van der Waals surface area contributed by atoms with E-state index in [0.717, 1.165) is 50.0 Å². The monoisotopic (exact) mass is 449 g/mol. The Labute approximate surface area is 193 Å². The molecule has 2 N–H and O–H groups in total. The number of piperazine rings is 1. The van der Waals surface area contributed by atoms with Crippen molar-refractivity contribution in [2.24, 2.45) is 0 Å². The second-order valence-corrected chi connectivity index (χ2v) is 9.41. The van der Waals surface area contributed by atoms with E-state index in [2.05, 4.69) is 43.4 Å². The summed E-state index contributed by atoms with van der Waals surface area (Å²) < 4.78 is 13.1. The molecule has 2 aliphatic heterocycles. The van der Waals surface area contributed by atoms with Gasteiger partial charge in [-0.25, -0.2) is 4.68 Å². The van der Waals surface area contributed by atoms with Crippen molar-refractivity contribution in [3.63, 3.8) is 0 Å². The highest BCUT2D eigenvalue weighted by atomic mass is 16.7. The maximum absolute atomic E-state index is 5.56. The highest BCUT2D eigenvalue weighted by Gasteiger charge is 2.37. The molecule has 0 radical (unpaired) electrons. The molecule has 3 aliphatic rings. The third-order valence-electron chi connectivity index (χ3n) is 7.36. The lowest BCUT2D eigenvalue weighted by Crippen LogP contribution is -3.27. The molecule has 3 aromatic rings. The molecule has 2 fully saturated rings. The lowest BCUT2D eigenvalue weighted by atomic mass is 10.0. The summed E-state index contributed by atoms with van der Waals surface area (Å²) in [6, 6.07) is 11.0. The third-order valence-corrected chi connectivity index (χ3v) is 7.36. The van der Waals surface area contributed by atoms with E-state index in [4.69, 9.17) is 9.47 Å². The van der Waals surface area contributed by atoms with E-state index in [1.807, 2.05) is 24.5 Å². The van der Waals surface area contributed by atoms with Crippen LogP contribution in [-0.4, -0.2) is 58.2 Å². The van der Waals surface area contributed by atoms with Crippen molar-refractivity contribution < 1.29 is 19.3 Å². The molecule has 1 saturated carbocycles. The zero-order valence-electron chi connectivity index (χ0n) is 18.8. The molecule has 1 aromatic carbocycles. The smallest absolute Gasteiger partial charge is 0.231 e. The number of pyridine rings is 1. The van der Waals surface area contributed by atoms with Gasteiger partial charge in [-0.05, 0) is 53.6 Å². The summed E-state index contributed by atoms with van der Waals surface area (Å²) in [7, 11) is 0. The van der Waals surface area contributed by atoms with Gasteiger partial charge in [0.2, 0.25) is 12.6 Å². The van der Waals surface area contributed by atoms with Crippen LogP contribution in [0.1, 0.15) is 54.7 Å². The van der Waals surface area contributed by atoms with Crippen LogP contribution in [0.3, 0.4) is 0 Å². The zero-order valence-corrected chi connectivity index (χ0v) is 18.8. The first-order valence-electron chi connectivity index (χ1n) is 12.1. The fourth-order valence-corrected chi connectivity index (χ4v) is 5.64. The van der Waals surface area contributed by atoms with Gasteiger partial charge < -0.3 is 19.3 Å². The minimum atomic E-state index is 0.112. The van der Waals surface area contributed by atoms with Crippen LogP contribution in [0.15, 0.2) is 42.7 Å². The lowest BCUT2D eigenvalue weighted by molar-refractivity contribution is -1.03. The first-order chi connectivity index (χ1) is 16.3. The van der Waals surface area contributed by atoms with E-state index in [1.54, 1.807) is 4.90 Å². The number of aromatic nitrogens is 5. The Morgan fingerprint density at radius 3 is 2.70 bits per heavy atom. The molecule has 0 amide bonds. The van der Waals surface area contributed by atoms with Gasteiger partial charge in [0.1, 0.15) is 32.7 Å². The molecule has 1 saturated heterocycles. The van der Waals surface area contributed by atoms with Crippen LogP contribution < -0.4 is 19.3 Å². The Hall–Kier alpha value is -3.04. The number of hydrogen-bond donors (Lipinski definition) is 2. The highest BCUT2D eigenvalue weighted by molar-refractivity contribution is 5.44. The van der Waals surface area contributed by atoms with Gasteiger partial charge in [-0.2, -0.15) is 0 Å². The molecule has 6 rings (SSSR count). The highest BCUT2D eigenvalue weighted by Crippen LogP contribution is 2.32. The molecule has 0 unspecified atom stereocenters. The predicted molar refractivity (Wildman–Crippen MR) is 119 cm³/mol. The Morgan fingerprint density at radius 2 is 1.88 bits per heavy atom. The van der Waals surface area contributed by atoms with Crippen molar-refractivity contribution in [3.05, 3.63) is 59.7 Å². The van der Waals surface area contributed by atoms with E-state index in [0.29, 0.717) is 12.8 Å². The van der Waals surface area contributed by atoms with Gasteiger partial charge in [0, 0.05) is 23.5 Å². The topological polar surface area (TPSA) is 83.8 Å². The molecule has 1 aliphatic carbocycles. The van der Waals surface area contributed by atoms with Gasteiger partial charge in [0.15, 0.2) is 17.5 Å². The number of rotatable bonds is 6. The predicted octanol–water partition coefficient (Wildman–Crippen LogP) is -0.0151. The van der Waals surface area contributed by atoms with Crippen LogP contribution in [-0.2, 0) is 6.54 Å². The SMILES string of the molecule is c1cncc([C@H](c2nnnn2C2CCCC2)[NH+]2CC[NH+](Cc3ccc4c(c3)OCO4)CC2)c1. The van der Waals surface area contributed by atoms with Crippen LogP contribution in [0, 0.1) is 0 Å². The summed E-state index contributed by atoms with van der Waals surface area (Å²) >= 11 is 0. The number of benzene rings is 1. The van der Waals surface area contributed by atoms with Gasteiger partial charge in [-0.1, -0.05) is 12.8 Å². The van der Waals surface area contributed by atoms with Gasteiger partial charge in [-0.15, -0.1) is 5.10 Å². The molecule has 1 atom stereocenters. The van der Waals surface area contributed by atoms with Crippen LogP contribution in [0.4, 0.5) is 0 Å². The van der Waals surface area contributed by atoms with E-state index in [1.165, 1.54) is 41.7 Å². The number of nitrogens with one attached hydrogen (secondary N) is 2. The maximum Gasteiger partial charge on any atom is 0.231 e. The maximum atomic E-state index is 5.56. The van der Waals surface area contributed by atoms with Crippen LogP contribution in [0.25, 0.3) is 0 Å². The van der Waals surface area contributed by atoms with Crippen molar-refractivity contribution in [1.82, 2.24) is 25.2 Å². The van der Waals surface area contributed by atoms with E-state index < -0.39 is 0 Å². The standard InChI is InChI=1S/C24H29N7O2/c1-2-6-20(5-1)31-24(26-27-28-31)23(19-4-3-9-25-15-19)30-12-10-29(11-13-30)16-18-7-8-21-22(14-18)33-17-32-21/h3-4,7-9,14-15,20,23H,1-2,5-6,10-13,16-17H2/p+2/t23-/m1/s1. The van der Waals surface area contributed by atoms with Crippen LogP contribution >= 0.6 is 0 Å². The minimum absolute atomic E-state index is 0.112. The number of nitrogens with zero attached hydrogens (tertiary/aromatic N) is 5. The minimum Gasteiger partial charge on any atom is -0.454 e. The summed E-state index contributed by atoms with van der Waals surface area (Å²) in [6.07, 6.45) is 8.67. The average Bonchev–Trinajstić information content (AvgIpc) is 3.63. The molecule has 4 heterocycles. The number of quaternary nitrogens is 2.